The van der Waals surface area contributed by atoms with Crippen LogP contribution < -0.4 is 15.0 Å². The average Bonchev–Trinajstić information content (AvgIpc) is 2.67. The van der Waals surface area contributed by atoms with Gasteiger partial charge >= 0.3 is 0 Å². The van der Waals surface area contributed by atoms with Crippen LogP contribution in [0.1, 0.15) is 25.3 Å². The van der Waals surface area contributed by atoms with Crippen LogP contribution in [0.5, 0.6) is 5.75 Å². The van der Waals surface area contributed by atoms with Crippen LogP contribution in [0.2, 0.25) is 0 Å². The van der Waals surface area contributed by atoms with Gasteiger partial charge in [0.1, 0.15) is 5.75 Å². The highest BCUT2D eigenvalue weighted by Gasteiger charge is 2.18. The molecular formula is C22H28BrN3O2. The zero-order chi connectivity index (χ0) is 20.1. The van der Waals surface area contributed by atoms with E-state index in [1.165, 1.54) is 0 Å². The summed E-state index contributed by atoms with van der Waals surface area (Å²) in [7, 11) is 2.13. The van der Waals surface area contributed by atoms with E-state index in [-0.39, 0.29) is 12.5 Å². The number of piperazine rings is 1. The van der Waals surface area contributed by atoms with Gasteiger partial charge in [0.25, 0.3) is 5.91 Å². The third kappa shape index (κ3) is 5.26. The predicted molar refractivity (Wildman–Crippen MR) is 119 cm³/mol. The number of carbonyl (C=O) groups is 1. The monoisotopic (exact) mass is 445 g/mol. The summed E-state index contributed by atoms with van der Waals surface area (Å²) in [4.78, 5) is 17.2. The van der Waals surface area contributed by atoms with Gasteiger partial charge in [0, 0.05) is 30.7 Å². The van der Waals surface area contributed by atoms with Crippen LogP contribution in [0.3, 0.4) is 0 Å². The molecule has 0 aliphatic carbocycles. The maximum absolute atomic E-state index is 12.6. The highest BCUT2D eigenvalue weighted by molar-refractivity contribution is 9.10. The molecule has 6 heteroatoms. The van der Waals surface area contributed by atoms with E-state index >= 15 is 0 Å². The molecule has 0 spiro atoms. The third-order valence-electron chi connectivity index (χ3n) is 4.98. The molecule has 0 atom stereocenters. The maximum atomic E-state index is 12.6. The minimum absolute atomic E-state index is 0.0155. The van der Waals surface area contributed by atoms with Crippen molar-refractivity contribution in [2.24, 2.45) is 0 Å². The number of likely N-dealkylation sites (N-methyl/N-ethyl adjacent to an activating group) is 1. The predicted octanol–water partition coefficient (Wildman–Crippen LogP) is 4.34. The Morgan fingerprint density at radius 3 is 2.57 bits per heavy atom. The van der Waals surface area contributed by atoms with Crippen LogP contribution in [0.4, 0.5) is 11.4 Å². The van der Waals surface area contributed by atoms with E-state index < -0.39 is 0 Å². The molecule has 28 heavy (non-hydrogen) atoms. The van der Waals surface area contributed by atoms with E-state index in [0.29, 0.717) is 5.92 Å². The largest absolute Gasteiger partial charge is 0.483 e. The van der Waals surface area contributed by atoms with Crippen molar-refractivity contribution in [2.75, 3.05) is 50.1 Å². The van der Waals surface area contributed by atoms with Gasteiger partial charge in [-0.25, -0.2) is 0 Å². The van der Waals surface area contributed by atoms with Crippen molar-refractivity contribution in [2.45, 2.75) is 19.8 Å². The van der Waals surface area contributed by atoms with Gasteiger partial charge in [0.2, 0.25) is 0 Å². The van der Waals surface area contributed by atoms with Gasteiger partial charge in [-0.1, -0.05) is 48.0 Å². The number of benzene rings is 2. The number of halogens is 1. The Morgan fingerprint density at radius 1 is 1.14 bits per heavy atom. The molecule has 150 valence electrons. The number of para-hydroxylation sites is 1. The molecule has 1 saturated heterocycles. The van der Waals surface area contributed by atoms with Gasteiger partial charge in [-0.3, -0.25) is 4.79 Å². The first-order valence-corrected chi connectivity index (χ1v) is 10.5. The Labute approximate surface area is 175 Å². The van der Waals surface area contributed by atoms with E-state index in [1.807, 2.05) is 36.4 Å². The molecule has 0 bridgehead atoms. The van der Waals surface area contributed by atoms with Crippen molar-refractivity contribution >= 4 is 33.2 Å². The summed E-state index contributed by atoms with van der Waals surface area (Å²) in [6, 6.07) is 13.9. The lowest BCUT2D eigenvalue weighted by molar-refractivity contribution is -0.118. The summed E-state index contributed by atoms with van der Waals surface area (Å²) in [6.07, 6.45) is 0. The van der Waals surface area contributed by atoms with E-state index in [0.717, 1.165) is 53.3 Å². The smallest absolute Gasteiger partial charge is 0.262 e. The molecule has 2 aromatic carbocycles. The molecule has 1 aliphatic rings. The van der Waals surface area contributed by atoms with Gasteiger partial charge in [-0.15, -0.1) is 0 Å². The van der Waals surface area contributed by atoms with E-state index in [9.17, 15) is 4.79 Å². The van der Waals surface area contributed by atoms with Crippen LogP contribution in [-0.4, -0.2) is 50.6 Å². The summed E-state index contributed by atoms with van der Waals surface area (Å²) < 4.78 is 6.75. The van der Waals surface area contributed by atoms with Crippen molar-refractivity contribution in [1.29, 1.82) is 0 Å². The molecule has 0 aromatic heterocycles. The summed E-state index contributed by atoms with van der Waals surface area (Å²) in [6.45, 7) is 8.13. The summed E-state index contributed by atoms with van der Waals surface area (Å²) >= 11 is 3.51. The molecule has 0 radical (unpaired) electrons. The number of nitrogens with zero attached hydrogens (tertiary/aromatic N) is 2. The molecule has 2 aromatic rings. The van der Waals surface area contributed by atoms with Gasteiger partial charge in [-0.2, -0.15) is 0 Å². The Hall–Kier alpha value is -2.05. The van der Waals surface area contributed by atoms with Crippen LogP contribution >= 0.6 is 15.9 Å². The summed E-state index contributed by atoms with van der Waals surface area (Å²) in [5.41, 5.74) is 2.97. The zero-order valence-electron chi connectivity index (χ0n) is 16.7. The highest BCUT2D eigenvalue weighted by atomic mass is 79.9. The standard InChI is InChI=1S/C22H28BrN3O2/c1-16(2)18-6-4-5-7-21(18)28-15-22(27)24-19-14-17(23)8-9-20(19)26-12-10-25(3)11-13-26/h4-9,14,16H,10-13,15H2,1-3H3,(H,24,27). The minimum atomic E-state index is -0.160. The van der Waals surface area contributed by atoms with Crippen LogP contribution in [0.15, 0.2) is 46.9 Å². The number of hydrogen-bond donors (Lipinski definition) is 1. The van der Waals surface area contributed by atoms with Crippen LogP contribution in [-0.2, 0) is 4.79 Å². The van der Waals surface area contributed by atoms with Crippen molar-refractivity contribution in [3.63, 3.8) is 0 Å². The molecule has 0 unspecified atom stereocenters. The van der Waals surface area contributed by atoms with Crippen molar-refractivity contribution in [3.8, 4) is 5.75 Å². The molecule has 1 heterocycles. The Bertz CT molecular complexity index is 817. The first kappa shape index (κ1) is 20.7. The molecule has 1 fully saturated rings. The normalized spacial score (nSPS) is 15.0. The summed E-state index contributed by atoms with van der Waals surface area (Å²) in [5, 5.41) is 3.03. The summed E-state index contributed by atoms with van der Waals surface area (Å²) in [5.74, 6) is 0.946. The minimum Gasteiger partial charge on any atom is -0.483 e. The fraction of sp³-hybridized carbons (Fsp3) is 0.409. The fourth-order valence-corrected chi connectivity index (χ4v) is 3.71. The molecule has 0 saturated carbocycles. The first-order chi connectivity index (χ1) is 13.4. The number of amides is 1. The number of nitrogens with one attached hydrogen (secondary N) is 1. The van der Waals surface area contributed by atoms with E-state index in [2.05, 4.69) is 58.0 Å². The van der Waals surface area contributed by atoms with Crippen molar-refractivity contribution < 1.29 is 9.53 Å². The second-order valence-corrected chi connectivity index (χ2v) is 8.40. The number of anilines is 2. The van der Waals surface area contributed by atoms with Crippen molar-refractivity contribution in [3.05, 3.63) is 52.5 Å². The van der Waals surface area contributed by atoms with Gasteiger partial charge in [0.05, 0.1) is 11.4 Å². The Balaban J connectivity index is 1.68. The number of carbonyl (C=O) groups excluding carboxylic acids is 1. The third-order valence-corrected chi connectivity index (χ3v) is 5.47. The van der Waals surface area contributed by atoms with E-state index in [1.54, 1.807) is 0 Å². The molecular weight excluding hydrogens is 418 g/mol. The molecule has 3 rings (SSSR count). The molecule has 1 amide bonds. The molecule has 5 nitrogen and oxygen atoms in total. The molecule has 1 aliphatic heterocycles. The lowest BCUT2D eigenvalue weighted by Gasteiger charge is -2.35. The number of ether oxygens (including phenoxy) is 1. The molecule has 1 N–H and O–H groups in total. The van der Waals surface area contributed by atoms with E-state index in [4.69, 9.17) is 4.74 Å². The lowest BCUT2D eigenvalue weighted by Crippen LogP contribution is -2.44. The second-order valence-electron chi connectivity index (χ2n) is 7.48. The Kier molecular flexibility index (Phi) is 6.97. The Morgan fingerprint density at radius 2 is 1.86 bits per heavy atom. The lowest BCUT2D eigenvalue weighted by atomic mass is 10.0. The van der Waals surface area contributed by atoms with Gasteiger partial charge < -0.3 is 19.9 Å². The maximum Gasteiger partial charge on any atom is 0.262 e. The van der Waals surface area contributed by atoms with Crippen LogP contribution in [0, 0.1) is 0 Å². The van der Waals surface area contributed by atoms with Crippen LogP contribution in [0.25, 0.3) is 0 Å². The quantitative estimate of drug-likeness (QED) is 0.717. The number of hydrogen-bond acceptors (Lipinski definition) is 4. The fourth-order valence-electron chi connectivity index (χ4n) is 3.35. The average molecular weight is 446 g/mol. The first-order valence-electron chi connectivity index (χ1n) is 9.68. The van der Waals surface area contributed by atoms with Gasteiger partial charge in [0.15, 0.2) is 6.61 Å². The second kappa shape index (κ2) is 9.43. The van der Waals surface area contributed by atoms with Crippen molar-refractivity contribution in [1.82, 2.24) is 4.90 Å². The highest BCUT2D eigenvalue weighted by Crippen LogP contribution is 2.30. The number of rotatable bonds is 6. The zero-order valence-corrected chi connectivity index (χ0v) is 18.3. The topological polar surface area (TPSA) is 44.8 Å². The van der Waals surface area contributed by atoms with Gasteiger partial charge in [-0.05, 0) is 42.8 Å². The SMILES string of the molecule is CC(C)c1ccccc1OCC(=O)Nc1cc(Br)ccc1N1CCN(C)CC1.